The van der Waals surface area contributed by atoms with Crippen LogP contribution in [0, 0.1) is 0 Å². The first-order valence-electron chi connectivity index (χ1n) is 8.19. The lowest BCUT2D eigenvalue weighted by atomic mass is 10.0. The number of nitrogens with zero attached hydrogens (tertiary/aromatic N) is 1. The topological polar surface area (TPSA) is 41.9 Å². The number of hydrogen-bond acceptors (Lipinski definition) is 4. The third kappa shape index (κ3) is 4.73. The quantitative estimate of drug-likeness (QED) is 0.807. The van der Waals surface area contributed by atoms with Crippen LogP contribution in [0.5, 0.6) is 11.5 Å². The summed E-state index contributed by atoms with van der Waals surface area (Å²) in [6, 6.07) is 15.9. The van der Waals surface area contributed by atoms with E-state index in [0.29, 0.717) is 6.54 Å². The van der Waals surface area contributed by atoms with E-state index in [0.717, 1.165) is 23.5 Å². The van der Waals surface area contributed by atoms with Gasteiger partial charge in [-0.1, -0.05) is 30.3 Å². The van der Waals surface area contributed by atoms with Crippen LogP contribution in [0.2, 0.25) is 0 Å². The summed E-state index contributed by atoms with van der Waals surface area (Å²) in [5.74, 6) is 1.67. The van der Waals surface area contributed by atoms with Crippen molar-refractivity contribution in [3.63, 3.8) is 0 Å². The number of ether oxygens (including phenoxy) is 2. The van der Waals surface area contributed by atoms with Gasteiger partial charge >= 0.3 is 0 Å². The molecule has 0 saturated carbocycles. The van der Waals surface area contributed by atoms with Crippen LogP contribution in [-0.4, -0.2) is 43.9 Å². The Balaban J connectivity index is 1.98. The van der Waals surface area contributed by atoms with Crippen LogP contribution in [-0.2, 0) is 6.42 Å². The van der Waals surface area contributed by atoms with Crippen LogP contribution in [0.3, 0.4) is 0 Å². The second-order valence-corrected chi connectivity index (χ2v) is 6.10. The molecule has 0 heterocycles. The van der Waals surface area contributed by atoms with Gasteiger partial charge in [0.2, 0.25) is 0 Å². The largest absolute Gasteiger partial charge is 0.497 e. The van der Waals surface area contributed by atoms with E-state index in [9.17, 15) is 5.11 Å². The fourth-order valence-electron chi connectivity index (χ4n) is 2.75. The number of rotatable bonds is 8. The SMILES string of the molecule is COc1cccc(C(O)CN(C)C(C)Cc2ccccc2OC)c1. The molecule has 24 heavy (non-hydrogen) atoms. The Bertz CT molecular complexity index is 644. The summed E-state index contributed by atoms with van der Waals surface area (Å²) in [6.07, 6.45) is 0.316. The first kappa shape index (κ1) is 18.3. The summed E-state index contributed by atoms with van der Waals surface area (Å²) in [5.41, 5.74) is 2.04. The van der Waals surface area contributed by atoms with Crippen molar-refractivity contribution in [2.45, 2.75) is 25.5 Å². The van der Waals surface area contributed by atoms with Crippen molar-refractivity contribution in [1.29, 1.82) is 0 Å². The second kappa shape index (κ2) is 8.71. The molecule has 0 spiro atoms. The number of hydrogen-bond donors (Lipinski definition) is 1. The van der Waals surface area contributed by atoms with E-state index >= 15 is 0 Å². The molecule has 2 aromatic rings. The molecule has 130 valence electrons. The molecule has 4 heteroatoms. The van der Waals surface area contributed by atoms with Crippen molar-refractivity contribution in [2.24, 2.45) is 0 Å². The minimum Gasteiger partial charge on any atom is -0.497 e. The Morgan fingerprint density at radius 2 is 1.79 bits per heavy atom. The van der Waals surface area contributed by atoms with Crippen molar-refractivity contribution in [1.82, 2.24) is 4.90 Å². The van der Waals surface area contributed by atoms with Crippen LogP contribution >= 0.6 is 0 Å². The Hall–Kier alpha value is -2.04. The maximum atomic E-state index is 10.5. The molecule has 0 aliphatic carbocycles. The Morgan fingerprint density at radius 3 is 2.50 bits per heavy atom. The average molecular weight is 329 g/mol. The number of aliphatic hydroxyl groups is 1. The molecule has 0 aliphatic heterocycles. The van der Waals surface area contributed by atoms with Crippen molar-refractivity contribution in [3.8, 4) is 11.5 Å². The number of methoxy groups -OCH3 is 2. The third-order valence-corrected chi connectivity index (χ3v) is 4.40. The molecule has 4 nitrogen and oxygen atoms in total. The molecule has 0 aliphatic rings. The van der Waals surface area contributed by atoms with Gasteiger partial charge in [0.25, 0.3) is 0 Å². The van der Waals surface area contributed by atoms with Crippen molar-refractivity contribution < 1.29 is 14.6 Å². The highest BCUT2D eigenvalue weighted by Crippen LogP contribution is 2.23. The second-order valence-electron chi connectivity index (χ2n) is 6.10. The van der Waals surface area contributed by atoms with E-state index in [1.807, 2.05) is 49.5 Å². The fourth-order valence-corrected chi connectivity index (χ4v) is 2.75. The van der Waals surface area contributed by atoms with Gasteiger partial charge in [0, 0.05) is 12.6 Å². The molecular weight excluding hydrogens is 302 g/mol. The zero-order chi connectivity index (χ0) is 17.5. The third-order valence-electron chi connectivity index (χ3n) is 4.40. The van der Waals surface area contributed by atoms with E-state index < -0.39 is 6.10 Å². The molecule has 1 N–H and O–H groups in total. The van der Waals surface area contributed by atoms with E-state index in [2.05, 4.69) is 17.9 Å². The monoisotopic (exact) mass is 329 g/mol. The zero-order valence-corrected chi connectivity index (χ0v) is 14.9. The Kier molecular flexibility index (Phi) is 6.64. The van der Waals surface area contributed by atoms with Crippen LogP contribution in [0.15, 0.2) is 48.5 Å². The first-order chi connectivity index (χ1) is 11.5. The Morgan fingerprint density at radius 1 is 1.04 bits per heavy atom. The zero-order valence-electron chi connectivity index (χ0n) is 14.9. The summed E-state index contributed by atoms with van der Waals surface area (Å²) in [4.78, 5) is 2.16. The maximum absolute atomic E-state index is 10.5. The van der Waals surface area contributed by atoms with Gasteiger partial charge in [0.15, 0.2) is 0 Å². The summed E-state index contributed by atoms with van der Waals surface area (Å²) in [6.45, 7) is 2.72. The average Bonchev–Trinajstić information content (AvgIpc) is 2.62. The van der Waals surface area contributed by atoms with E-state index in [4.69, 9.17) is 9.47 Å². The molecule has 0 bridgehead atoms. The highest BCUT2D eigenvalue weighted by atomic mass is 16.5. The van der Waals surface area contributed by atoms with Gasteiger partial charge in [-0.3, -0.25) is 0 Å². The molecule has 0 fully saturated rings. The molecule has 2 unspecified atom stereocenters. The minimum atomic E-state index is -0.551. The highest BCUT2D eigenvalue weighted by Gasteiger charge is 2.17. The van der Waals surface area contributed by atoms with Gasteiger partial charge in [0.05, 0.1) is 20.3 Å². The predicted octanol–water partition coefficient (Wildman–Crippen LogP) is 3.30. The molecule has 0 amide bonds. The summed E-state index contributed by atoms with van der Waals surface area (Å²) in [5, 5.41) is 10.5. The van der Waals surface area contributed by atoms with Gasteiger partial charge < -0.3 is 19.5 Å². The van der Waals surface area contributed by atoms with Gasteiger partial charge in [-0.05, 0) is 49.7 Å². The first-order valence-corrected chi connectivity index (χ1v) is 8.19. The Labute approximate surface area is 144 Å². The minimum absolute atomic E-state index is 0.279. The van der Waals surface area contributed by atoms with E-state index in [-0.39, 0.29) is 6.04 Å². The predicted molar refractivity (Wildman–Crippen MR) is 96.7 cm³/mol. The number of para-hydroxylation sites is 1. The van der Waals surface area contributed by atoms with Gasteiger partial charge in [0.1, 0.15) is 11.5 Å². The summed E-state index contributed by atoms with van der Waals surface area (Å²) < 4.78 is 10.6. The van der Waals surface area contributed by atoms with Gasteiger partial charge in [-0.25, -0.2) is 0 Å². The molecular formula is C20H27NO3. The number of aliphatic hydroxyl groups excluding tert-OH is 1. The number of likely N-dealkylation sites (N-methyl/N-ethyl adjacent to an activating group) is 1. The summed E-state index contributed by atoms with van der Waals surface area (Å²) in [7, 11) is 5.36. The highest BCUT2D eigenvalue weighted by molar-refractivity contribution is 5.34. The molecule has 0 saturated heterocycles. The lowest BCUT2D eigenvalue weighted by molar-refractivity contribution is 0.108. The maximum Gasteiger partial charge on any atom is 0.122 e. The lowest BCUT2D eigenvalue weighted by Gasteiger charge is -2.27. The molecule has 2 rings (SSSR count). The van der Waals surface area contributed by atoms with Crippen molar-refractivity contribution >= 4 is 0 Å². The number of benzene rings is 2. The normalized spacial score (nSPS) is 13.6. The van der Waals surface area contributed by atoms with Gasteiger partial charge in [-0.15, -0.1) is 0 Å². The molecule has 2 atom stereocenters. The van der Waals surface area contributed by atoms with Crippen LogP contribution in [0.1, 0.15) is 24.2 Å². The smallest absolute Gasteiger partial charge is 0.122 e. The molecule has 2 aromatic carbocycles. The van der Waals surface area contributed by atoms with Crippen LogP contribution in [0.4, 0.5) is 0 Å². The van der Waals surface area contributed by atoms with E-state index in [1.54, 1.807) is 14.2 Å². The van der Waals surface area contributed by atoms with Crippen molar-refractivity contribution in [3.05, 3.63) is 59.7 Å². The molecule has 0 aromatic heterocycles. The lowest BCUT2D eigenvalue weighted by Crippen LogP contribution is -2.34. The van der Waals surface area contributed by atoms with Crippen molar-refractivity contribution in [2.75, 3.05) is 27.8 Å². The standard InChI is InChI=1S/C20H27NO3/c1-15(12-17-8-5-6-11-20(17)24-4)21(2)14-19(22)16-9-7-10-18(13-16)23-3/h5-11,13,15,19,22H,12,14H2,1-4H3. The van der Waals surface area contributed by atoms with Gasteiger partial charge in [-0.2, -0.15) is 0 Å². The van der Waals surface area contributed by atoms with Crippen LogP contribution in [0.25, 0.3) is 0 Å². The van der Waals surface area contributed by atoms with E-state index in [1.165, 1.54) is 5.56 Å². The molecule has 0 radical (unpaired) electrons. The van der Waals surface area contributed by atoms with Crippen LogP contribution < -0.4 is 9.47 Å². The summed E-state index contributed by atoms with van der Waals surface area (Å²) >= 11 is 0. The fraction of sp³-hybridized carbons (Fsp3) is 0.400.